The molecule has 1 heterocycles. The van der Waals surface area contributed by atoms with E-state index in [2.05, 4.69) is 10.1 Å². The highest BCUT2D eigenvalue weighted by molar-refractivity contribution is 5.66. The van der Waals surface area contributed by atoms with Gasteiger partial charge >= 0.3 is 5.82 Å². The number of hydrogen-bond donors (Lipinski definition) is 1. The number of hydrogen-bond acceptors (Lipinski definition) is 5. The van der Waals surface area contributed by atoms with Crippen LogP contribution >= 0.6 is 0 Å². The summed E-state index contributed by atoms with van der Waals surface area (Å²) in [6.07, 6.45) is 2.64. The van der Waals surface area contributed by atoms with Gasteiger partial charge in [0.1, 0.15) is 5.69 Å². The van der Waals surface area contributed by atoms with Crippen molar-refractivity contribution in [2.24, 2.45) is 5.16 Å². The van der Waals surface area contributed by atoms with Crippen molar-refractivity contribution >= 4 is 12.0 Å². The molecule has 82 valence electrons. The second kappa shape index (κ2) is 3.68. The molecule has 0 aromatic carbocycles. The number of oxime groups is 1. The van der Waals surface area contributed by atoms with Crippen molar-refractivity contribution in [2.45, 2.75) is 26.3 Å². The summed E-state index contributed by atoms with van der Waals surface area (Å²) < 4.78 is 1.57. The lowest BCUT2D eigenvalue weighted by atomic mass is 10.1. The first-order valence-electron chi connectivity index (χ1n) is 4.27. The molecule has 1 N–H and O–H groups in total. The Hall–Kier alpha value is -1.92. The smallest absolute Gasteiger partial charge is 0.384 e. The van der Waals surface area contributed by atoms with E-state index in [1.54, 1.807) is 25.3 Å². The molecule has 7 nitrogen and oxygen atoms in total. The molecule has 0 fully saturated rings. The molecule has 0 atom stereocenters. The van der Waals surface area contributed by atoms with Crippen LogP contribution in [0.5, 0.6) is 0 Å². The summed E-state index contributed by atoms with van der Waals surface area (Å²) in [4.78, 5) is 13.7. The van der Waals surface area contributed by atoms with Gasteiger partial charge in [0.2, 0.25) is 6.33 Å². The lowest BCUT2D eigenvalue weighted by Gasteiger charge is -2.20. The molecule has 0 amide bonds. The summed E-state index contributed by atoms with van der Waals surface area (Å²) in [7, 11) is 0. The molecule has 7 heteroatoms. The van der Waals surface area contributed by atoms with Crippen molar-refractivity contribution in [1.82, 2.24) is 9.55 Å². The van der Waals surface area contributed by atoms with Gasteiger partial charge in [-0.1, -0.05) is 5.16 Å². The molecular formula is C8H12N4O3. The Kier molecular flexibility index (Phi) is 2.74. The topological polar surface area (TPSA) is 93.5 Å². The van der Waals surface area contributed by atoms with Crippen LogP contribution in [-0.2, 0) is 5.54 Å². The highest BCUT2D eigenvalue weighted by atomic mass is 16.6. The fourth-order valence-electron chi connectivity index (χ4n) is 1.36. The van der Waals surface area contributed by atoms with Crippen molar-refractivity contribution in [3.8, 4) is 0 Å². The number of imidazole rings is 1. The number of rotatable bonds is 3. The van der Waals surface area contributed by atoms with Crippen molar-refractivity contribution in [2.75, 3.05) is 0 Å². The lowest BCUT2D eigenvalue weighted by Crippen LogP contribution is -2.28. The highest BCUT2D eigenvalue weighted by Crippen LogP contribution is 2.21. The van der Waals surface area contributed by atoms with Gasteiger partial charge in [-0.25, -0.2) is 0 Å². The van der Waals surface area contributed by atoms with Gasteiger partial charge in [0.25, 0.3) is 0 Å². The summed E-state index contributed by atoms with van der Waals surface area (Å²) in [6.45, 7) is 5.11. The highest BCUT2D eigenvalue weighted by Gasteiger charge is 2.26. The lowest BCUT2D eigenvalue weighted by molar-refractivity contribution is -0.390. The van der Waals surface area contributed by atoms with Crippen LogP contribution in [0.2, 0.25) is 0 Å². The van der Waals surface area contributed by atoms with Crippen LogP contribution in [0, 0.1) is 17.0 Å². The SMILES string of the molecule is Cc1c([N+](=O)[O-])ncn1C(C)(C)C=NO. The quantitative estimate of drug-likeness (QED) is 0.353. The van der Waals surface area contributed by atoms with E-state index < -0.39 is 10.5 Å². The minimum atomic E-state index is -0.653. The van der Waals surface area contributed by atoms with E-state index in [-0.39, 0.29) is 5.82 Å². The third-order valence-corrected chi connectivity index (χ3v) is 2.15. The standard InChI is InChI=1S/C8H12N4O3/c1-6-7(12(14)15)9-5-11(6)8(2,3)4-10-13/h4-5,13H,1-3H3. The Bertz CT molecular complexity index is 408. The van der Waals surface area contributed by atoms with Gasteiger partial charge in [-0.2, -0.15) is 0 Å². The van der Waals surface area contributed by atoms with E-state index in [4.69, 9.17) is 5.21 Å². The Balaban J connectivity index is 3.22. The van der Waals surface area contributed by atoms with E-state index >= 15 is 0 Å². The van der Waals surface area contributed by atoms with Gasteiger partial charge in [-0.05, 0) is 30.7 Å². The number of aromatic nitrogens is 2. The third kappa shape index (κ3) is 1.95. The average Bonchev–Trinajstić information content (AvgIpc) is 2.47. The Labute approximate surface area is 86.2 Å². The van der Waals surface area contributed by atoms with Crippen LogP contribution < -0.4 is 0 Å². The Morgan fingerprint density at radius 2 is 2.33 bits per heavy atom. The van der Waals surface area contributed by atoms with Gasteiger partial charge in [0.05, 0.1) is 11.8 Å². The zero-order chi connectivity index (χ0) is 11.6. The molecule has 0 saturated heterocycles. The molecule has 0 saturated carbocycles. The first-order chi connectivity index (χ1) is 6.90. The van der Waals surface area contributed by atoms with E-state index in [9.17, 15) is 10.1 Å². The summed E-state index contributed by atoms with van der Waals surface area (Å²) in [5.74, 6) is -0.186. The van der Waals surface area contributed by atoms with E-state index in [0.29, 0.717) is 5.69 Å². The van der Waals surface area contributed by atoms with Gasteiger partial charge in [-0.3, -0.25) is 4.57 Å². The van der Waals surface area contributed by atoms with E-state index in [1.165, 1.54) is 12.5 Å². The monoisotopic (exact) mass is 212 g/mol. The minimum Gasteiger partial charge on any atom is -0.411 e. The minimum absolute atomic E-state index is 0.186. The van der Waals surface area contributed by atoms with Gasteiger partial charge < -0.3 is 15.3 Å². The Morgan fingerprint density at radius 3 is 2.73 bits per heavy atom. The molecule has 1 aromatic rings. The summed E-state index contributed by atoms with van der Waals surface area (Å²) in [5.41, 5.74) is -0.231. The number of nitro groups is 1. The molecule has 0 radical (unpaired) electrons. The van der Waals surface area contributed by atoms with Gasteiger partial charge in [0, 0.05) is 0 Å². The molecule has 0 aliphatic carbocycles. The molecule has 0 bridgehead atoms. The summed E-state index contributed by atoms with van der Waals surface area (Å²) in [5, 5.41) is 22.0. The molecule has 0 spiro atoms. The average molecular weight is 212 g/mol. The predicted octanol–water partition coefficient (Wildman–Crippen LogP) is 1.29. The normalized spacial score (nSPS) is 12.2. The Morgan fingerprint density at radius 1 is 1.73 bits per heavy atom. The molecule has 1 aromatic heterocycles. The largest absolute Gasteiger partial charge is 0.411 e. The third-order valence-electron chi connectivity index (χ3n) is 2.15. The molecule has 1 rings (SSSR count). The van der Waals surface area contributed by atoms with Crippen molar-refractivity contribution in [3.63, 3.8) is 0 Å². The van der Waals surface area contributed by atoms with Crippen molar-refractivity contribution in [3.05, 3.63) is 22.1 Å². The predicted molar refractivity (Wildman–Crippen MR) is 53.2 cm³/mol. The first kappa shape index (κ1) is 11.2. The fraction of sp³-hybridized carbons (Fsp3) is 0.500. The van der Waals surface area contributed by atoms with Crippen LogP contribution in [-0.4, -0.2) is 25.9 Å². The molecule has 0 aliphatic heterocycles. The van der Waals surface area contributed by atoms with Crippen LogP contribution in [0.15, 0.2) is 11.5 Å². The second-order valence-electron chi connectivity index (χ2n) is 3.68. The van der Waals surface area contributed by atoms with Crippen LogP contribution in [0.1, 0.15) is 19.5 Å². The summed E-state index contributed by atoms with van der Waals surface area (Å²) >= 11 is 0. The maximum Gasteiger partial charge on any atom is 0.384 e. The molecule has 15 heavy (non-hydrogen) atoms. The first-order valence-corrected chi connectivity index (χ1v) is 4.27. The molecular weight excluding hydrogens is 200 g/mol. The van der Waals surface area contributed by atoms with Crippen LogP contribution in [0.4, 0.5) is 5.82 Å². The zero-order valence-corrected chi connectivity index (χ0v) is 8.71. The van der Waals surface area contributed by atoms with Crippen LogP contribution in [0.3, 0.4) is 0 Å². The molecule has 0 unspecified atom stereocenters. The van der Waals surface area contributed by atoms with Gasteiger partial charge in [-0.15, -0.1) is 0 Å². The van der Waals surface area contributed by atoms with Gasteiger partial charge in [0.15, 0.2) is 0 Å². The van der Waals surface area contributed by atoms with Crippen molar-refractivity contribution in [1.29, 1.82) is 0 Å². The van der Waals surface area contributed by atoms with E-state index in [1.807, 2.05) is 0 Å². The maximum absolute atomic E-state index is 10.6. The maximum atomic E-state index is 10.6. The number of nitrogens with zero attached hydrogens (tertiary/aromatic N) is 4. The second-order valence-corrected chi connectivity index (χ2v) is 3.68. The van der Waals surface area contributed by atoms with E-state index in [0.717, 1.165) is 0 Å². The van der Waals surface area contributed by atoms with Crippen molar-refractivity contribution < 1.29 is 10.1 Å². The zero-order valence-electron chi connectivity index (χ0n) is 8.71. The summed E-state index contributed by atoms with van der Waals surface area (Å²) in [6, 6.07) is 0. The fourth-order valence-corrected chi connectivity index (χ4v) is 1.36. The van der Waals surface area contributed by atoms with Crippen LogP contribution in [0.25, 0.3) is 0 Å². The molecule has 0 aliphatic rings.